The number of carbonyl (C=O) groups is 1. The first-order valence-corrected chi connectivity index (χ1v) is 14.7. The highest BCUT2D eigenvalue weighted by atomic mass is 19.2. The predicted octanol–water partition coefficient (Wildman–Crippen LogP) is 9.94. The molecule has 0 spiro atoms. The number of benzene rings is 4. The zero-order valence-corrected chi connectivity index (χ0v) is 25.2. The Morgan fingerprint density at radius 1 is 0.674 bits per heavy atom. The molecule has 0 bridgehead atoms. The summed E-state index contributed by atoms with van der Waals surface area (Å²) in [5, 5.41) is 5.60. The predicted molar refractivity (Wildman–Crippen MR) is 166 cm³/mol. The van der Waals surface area contributed by atoms with Crippen LogP contribution in [0.15, 0.2) is 78.9 Å². The van der Waals surface area contributed by atoms with Gasteiger partial charge in [-0.1, -0.05) is 120 Å². The summed E-state index contributed by atoms with van der Waals surface area (Å²) in [6.45, 7) is 9.77. The number of hydrogen-bond acceptors (Lipinski definition) is 2. The zero-order chi connectivity index (χ0) is 31.3. The summed E-state index contributed by atoms with van der Waals surface area (Å²) in [5.74, 6) is -8.53. The van der Waals surface area contributed by atoms with Crippen LogP contribution in [-0.2, 0) is 5.41 Å². The highest BCUT2D eigenvalue weighted by Gasteiger charge is 2.36. The Hall–Kier alpha value is -4.13. The van der Waals surface area contributed by atoms with Crippen LogP contribution < -0.4 is 10.6 Å². The molecule has 226 valence electrons. The van der Waals surface area contributed by atoms with E-state index < -0.39 is 45.8 Å². The molecule has 0 radical (unpaired) electrons. The van der Waals surface area contributed by atoms with E-state index in [9.17, 15) is 13.6 Å². The van der Waals surface area contributed by atoms with Gasteiger partial charge in [-0.15, -0.1) is 0 Å². The lowest BCUT2D eigenvalue weighted by molar-refractivity contribution is 0.102. The van der Waals surface area contributed by atoms with Crippen molar-refractivity contribution in [2.45, 2.75) is 64.7 Å². The summed E-state index contributed by atoms with van der Waals surface area (Å²) in [6, 6.07) is 24.6. The quantitative estimate of drug-likeness (QED) is 0.104. The minimum absolute atomic E-state index is 0.00969. The van der Waals surface area contributed by atoms with Crippen LogP contribution in [0.3, 0.4) is 0 Å². The molecule has 1 amide bonds. The second-order valence-corrected chi connectivity index (χ2v) is 11.5. The van der Waals surface area contributed by atoms with Gasteiger partial charge in [0.05, 0.1) is 5.69 Å². The Bertz CT molecular complexity index is 1500. The van der Waals surface area contributed by atoms with E-state index in [-0.39, 0.29) is 18.4 Å². The number of halogens is 4. The molecule has 0 aliphatic heterocycles. The smallest absolute Gasteiger partial charge is 0.260 e. The fraction of sp³-hybridized carbons (Fsp3) is 0.306. The first kappa shape index (κ1) is 31.8. The van der Waals surface area contributed by atoms with Gasteiger partial charge in [0.1, 0.15) is 5.56 Å². The zero-order valence-electron chi connectivity index (χ0n) is 25.2. The van der Waals surface area contributed by atoms with Gasteiger partial charge >= 0.3 is 0 Å². The number of nitrogens with one attached hydrogen (secondary N) is 2. The number of para-hydroxylation sites is 1. The highest BCUT2D eigenvalue weighted by Crippen LogP contribution is 2.39. The molecule has 0 atom stereocenters. The van der Waals surface area contributed by atoms with Crippen molar-refractivity contribution in [3.05, 3.63) is 130 Å². The summed E-state index contributed by atoms with van der Waals surface area (Å²) >= 11 is 0. The number of amides is 1. The van der Waals surface area contributed by atoms with Crippen LogP contribution in [-0.4, -0.2) is 12.5 Å². The first-order chi connectivity index (χ1) is 20.5. The topological polar surface area (TPSA) is 41.1 Å². The fourth-order valence-electron chi connectivity index (χ4n) is 5.81. The van der Waals surface area contributed by atoms with E-state index in [0.29, 0.717) is 12.1 Å². The molecule has 0 aliphatic rings. The van der Waals surface area contributed by atoms with Crippen LogP contribution in [0.2, 0.25) is 0 Å². The van der Waals surface area contributed by atoms with Gasteiger partial charge < -0.3 is 10.6 Å². The Morgan fingerprint density at radius 2 is 1.16 bits per heavy atom. The highest BCUT2D eigenvalue weighted by molar-refractivity contribution is 6.09. The Labute approximate surface area is 251 Å². The lowest BCUT2D eigenvalue weighted by Crippen LogP contribution is -2.36. The van der Waals surface area contributed by atoms with Crippen LogP contribution in [0.25, 0.3) is 0 Å². The van der Waals surface area contributed by atoms with Gasteiger partial charge in [0, 0.05) is 17.6 Å². The van der Waals surface area contributed by atoms with Crippen molar-refractivity contribution in [3.8, 4) is 0 Å². The summed E-state index contributed by atoms with van der Waals surface area (Å²) in [5.41, 5.74) is 1.41. The van der Waals surface area contributed by atoms with Crippen molar-refractivity contribution in [1.29, 1.82) is 0 Å². The second kappa shape index (κ2) is 13.4. The molecule has 0 saturated heterocycles. The molecule has 0 saturated carbocycles. The van der Waals surface area contributed by atoms with Crippen LogP contribution in [0.4, 0.5) is 28.9 Å². The van der Waals surface area contributed by atoms with E-state index in [1.54, 1.807) is 0 Å². The second-order valence-electron chi connectivity index (χ2n) is 11.5. The largest absolute Gasteiger partial charge is 0.381 e. The molecule has 4 rings (SSSR count). The summed E-state index contributed by atoms with van der Waals surface area (Å²) in [4.78, 5) is 13.8. The summed E-state index contributed by atoms with van der Waals surface area (Å²) in [7, 11) is 0. The minimum atomic E-state index is -2.04. The maximum atomic E-state index is 15.6. The number of anilines is 2. The average molecular weight is 591 g/mol. The van der Waals surface area contributed by atoms with E-state index >= 15 is 8.78 Å². The SMILES string of the molecule is CCCC(CNc1c(F)c(F)c(F)c(F)c1C(=O)Nc1c(C(C)C)cccc1C(C)C)(c1ccccc1)c1ccccc1. The molecule has 2 N–H and O–H groups in total. The van der Waals surface area contributed by atoms with Crippen LogP contribution in [0, 0.1) is 23.3 Å². The summed E-state index contributed by atoms with van der Waals surface area (Å²) < 4.78 is 60.5. The third-order valence-corrected chi connectivity index (χ3v) is 8.00. The molecule has 4 aromatic rings. The van der Waals surface area contributed by atoms with Gasteiger partial charge in [-0.3, -0.25) is 4.79 Å². The van der Waals surface area contributed by atoms with E-state index in [1.165, 1.54) is 0 Å². The molecule has 0 heterocycles. The van der Waals surface area contributed by atoms with E-state index in [2.05, 4.69) is 10.6 Å². The lowest BCUT2D eigenvalue weighted by Gasteiger charge is -2.36. The Kier molecular flexibility index (Phi) is 9.95. The molecule has 4 aromatic carbocycles. The van der Waals surface area contributed by atoms with Crippen molar-refractivity contribution in [2.75, 3.05) is 17.2 Å². The van der Waals surface area contributed by atoms with Crippen molar-refractivity contribution in [2.24, 2.45) is 0 Å². The number of hydrogen-bond donors (Lipinski definition) is 2. The Morgan fingerprint density at radius 3 is 1.63 bits per heavy atom. The van der Waals surface area contributed by atoms with Gasteiger partial charge in [-0.05, 0) is 40.5 Å². The lowest BCUT2D eigenvalue weighted by atomic mass is 9.71. The fourth-order valence-corrected chi connectivity index (χ4v) is 5.81. The molecular weight excluding hydrogens is 552 g/mol. The first-order valence-electron chi connectivity index (χ1n) is 14.7. The standard InChI is InChI=1S/C36H38F4N2O/c1-6-20-36(24-14-9-7-10-15-24,25-16-11-8-12-17-25)21-41-34-28(29(37)30(38)31(39)32(34)40)35(43)42-33-26(22(2)3)18-13-19-27(33)23(4)5/h7-19,22-23,41H,6,20-21H2,1-5H3,(H,42,43). The molecule has 3 nitrogen and oxygen atoms in total. The van der Waals surface area contributed by atoms with Crippen molar-refractivity contribution < 1.29 is 22.4 Å². The summed E-state index contributed by atoms with van der Waals surface area (Å²) in [6.07, 6.45) is 1.33. The monoisotopic (exact) mass is 590 g/mol. The molecule has 0 aliphatic carbocycles. The average Bonchev–Trinajstić information content (AvgIpc) is 3.01. The molecule has 0 unspecified atom stereocenters. The van der Waals surface area contributed by atoms with Crippen LogP contribution >= 0.6 is 0 Å². The van der Waals surface area contributed by atoms with Gasteiger partial charge in [-0.25, -0.2) is 17.6 Å². The Balaban J connectivity index is 1.85. The molecule has 43 heavy (non-hydrogen) atoms. The third-order valence-electron chi connectivity index (χ3n) is 8.00. The van der Waals surface area contributed by atoms with Crippen LogP contribution in [0.1, 0.15) is 91.9 Å². The molecule has 0 aromatic heterocycles. The van der Waals surface area contributed by atoms with Crippen LogP contribution in [0.5, 0.6) is 0 Å². The maximum absolute atomic E-state index is 15.6. The molecule has 0 fully saturated rings. The van der Waals surface area contributed by atoms with Crippen molar-refractivity contribution in [1.82, 2.24) is 0 Å². The van der Waals surface area contributed by atoms with Gasteiger partial charge in [-0.2, -0.15) is 0 Å². The van der Waals surface area contributed by atoms with E-state index in [1.807, 2.05) is 113 Å². The minimum Gasteiger partial charge on any atom is -0.381 e. The van der Waals surface area contributed by atoms with E-state index in [0.717, 1.165) is 28.7 Å². The maximum Gasteiger partial charge on any atom is 0.260 e. The molecular formula is C36H38F4N2O. The molecule has 7 heteroatoms. The van der Waals surface area contributed by atoms with Gasteiger partial charge in [0.25, 0.3) is 5.91 Å². The van der Waals surface area contributed by atoms with Crippen molar-refractivity contribution >= 4 is 17.3 Å². The van der Waals surface area contributed by atoms with Crippen molar-refractivity contribution in [3.63, 3.8) is 0 Å². The van der Waals surface area contributed by atoms with Gasteiger partial charge in [0.15, 0.2) is 23.3 Å². The van der Waals surface area contributed by atoms with Gasteiger partial charge in [0.2, 0.25) is 0 Å². The number of rotatable bonds is 11. The normalized spacial score (nSPS) is 11.7. The van der Waals surface area contributed by atoms with E-state index in [4.69, 9.17) is 0 Å². The third kappa shape index (κ3) is 6.31. The number of carbonyl (C=O) groups excluding carboxylic acids is 1.